The summed E-state index contributed by atoms with van der Waals surface area (Å²) in [6, 6.07) is 13.3. The van der Waals surface area contributed by atoms with Crippen LogP contribution in [0, 0.1) is 6.92 Å². The van der Waals surface area contributed by atoms with Crippen LogP contribution in [0.3, 0.4) is 0 Å². The summed E-state index contributed by atoms with van der Waals surface area (Å²) in [6.45, 7) is 1.48. The Kier molecular flexibility index (Phi) is 5.23. The Morgan fingerprint density at radius 2 is 1.92 bits per heavy atom. The highest BCUT2D eigenvalue weighted by Gasteiger charge is 2.38. The number of benzene rings is 2. The second-order valence-electron chi connectivity index (χ2n) is 6.12. The number of hydrogen-bond donors (Lipinski definition) is 2. The lowest BCUT2D eigenvalue weighted by Gasteiger charge is -2.14. The van der Waals surface area contributed by atoms with Crippen LogP contribution >= 0.6 is 11.6 Å². The average Bonchev–Trinajstić information content (AvgIpc) is 2.86. The molecule has 1 fully saturated rings. The van der Waals surface area contributed by atoms with Gasteiger partial charge in [0.25, 0.3) is 5.91 Å². The zero-order valence-electron chi connectivity index (χ0n) is 14.2. The third-order valence-corrected chi connectivity index (χ3v) is 4.40. The first-order valence-electron chi connectivity index (χ1n) is 8.16. The van der Waals surface area contributed by atoms with Gasteiger partial charge in [-0.2, -0.15) is 0 Å². The number of nitrogens with one attached hydrogen (secondary N) is 2. The highest BCUT2D eigenvalue weighted by Crippen LogP contribution is 2.20. The molecule has 1 heterocycles. The summed E-state index contributed by atoms with van der Waals surface area (Å²) in [5, 5.41) is 5.80. The maximum atomic E-state index is 12.5. The van der Waals surface area contributed by atoms with Gasteiger partial charge in [0.05, 0.1) is 0 Å². The number of urea groups is 1. The summed E-state index contributed by atoms with van der Waals surface area (Å²) in [5.41, 5.74) is 2.32. The van der Waals surface area contributed by atoms with Crippen LogP contribution in [0.25, 0.3) is 0 Å². The fourth-order valence-electron chi connectivity index (χ4n) is 2.78. The molecule has 0 aromatic heterocycles. The van der Waals surface area contributed by atoms with E-state index in [1.165, 1.54) is 0 Å². The number of anilines is 1. The summed E-state index contributed by atoms with van der Waals surface area (Å²) in [4.78, 5) is 37.8. The average molecular weight is 372 g/mol. The number of hydrogen-bond acceptors (Lipinski definition) is 3. The summed E-state index contributed by atoms with van der Waals surface area (Å²) in [5.74, 6) is -0.865. The van der Waals surface area contributed by atoms with Crippen molar-refractivity contribution in [3.63, 3.8) is 0 Å². The van der Waals surface area contributed by atoms with E-state index in [0.29, 0.717) is 17.1 Å². The first-order chi connectivity index (χ1) is 12.4. The molecular weight excluding hydrogens is 354 g/mol. The molecule has 2 N–H and O–H groups in total. The van der Waals surface area contributed by atoms with Crippen molar-refractivity contribution in [2.75, 3.05) is 11.9 Å². The molecule has 1 aliphatic heterocycles. The molecule has 0 bridgehead atoms. The van der Waals surface area contributed by atoms with Crippen molar-refractivity contribution in [3.05, 3.63) is 64.7 Å². The van der Waals surface area contributed by atoms with Gasteiger partial charge in [-0.15, -0.1) is 0 Å². The molecule has 1 aliphatic rings. The third kappa shape index (κ3) is 4.03. The molecule has 2 aromatic rings. The Morgan fingerprint density at radius 1 is 1.19 bits per heavy atom. The molecule has 1 atom stereocenters. The van der Waals surface area contributed by atoms with Crippen LogP contribution in [0.15, 0.2) is 48.5 Å². The Bertz CT molecular complexity index is 854. The Morgan fingerprint density at radius 3 is 2.65 bits per heavy atom. The van der Waals surface area contributed by atoms with Gasteiger partial charge in [-0.05, 0) is 30.2 Å². The van der Waals surface area contributed by atoms with E-state index in [-0.39, 0.29) is 6.54 Å². The molecule has 26 heavy (non-hydrogen) atoms. The molecule has 1 unspecified atom stereocenters. The maximum absolute atomic E-state index is 12.5. The van der Waals surface area contributed by atoms with E-state index >= 15 is 0 Å². The van der Waals surface area contributed by atoms with Crippen LogP contribution in [0.4, 0.5) is 10.5 Å². The molecule has 134 valence electrons. The minimum Gasteiger partial charge on any atom is -0.325 e. The Labute approximate surface area is 156 Å². The summed E-state index contributed by atoms with van der Waals surface area (Å²) in [7, 11) is 0. The number of aryl methyl sites for hydroxylation is 1. The monoisotopic (exact) mass is 371 g/mol. The summed E-state index contributed by atoms with van der Waals surface area (Å²) >= 11 is 5.93. The van der Waals surface area contributed by atoms with Crippen molar-refractivity contribution in [2.45, 2.75) is 19.4 Å². The smallest absolute Gasteiger partial charge is 0.325 e. The lowest BCUT2D eigenvalue weighted by molar-refractivity contribution is -0.130. The number of halogens is 1. The molecule has 4 amide bonds. The van der Waals surface area contributed by atoms with Crippen LogP contribution in [0.2, 0.25) is 5.02 Å². The second kappa shape index (κ2) is 7.58. The molecule has 7 heteroatoms. The summed E-state index contributed by atoms with van der Waals surface area (Å²) < 4.78 is 0. The quantitative estimate of drug-likeness (QED) is 0.793. The zero-order chi connectivity index (χ0) is 18.7. The molecule has 2 aromatic carbocycles. The van der Waals surface area contributed by atoms with Crippen molar-refractivity contribution in [1.82, 2.24) is 10.2 Å². The number of nitrogens with zero attached hydrogens (tertiary/aromatic N) is 1. The van der Waals surface area contributed by atoms with Gasteiger partial charge >= 0.3 is 6.03 Å². The molecule has 0 radical (unpaired) electrons. The van der Waals surface area contributed by atoms with Crippen molar-refractivity contribution >= 4 is 35.1 Å². The number of carbonyl (C=O) groups is 3. The van der Waals surface area contributed by atoms with E-state index in [1.54, 1.807) is 18.2 Å². The SMILES string of the molecule is Cc1ccc(Cl)cc1NC(=O)CN1C(=O)NC(Cc2ccccc2)C1=O. The fraction of sp³-hybridized carbons (Fsp3) is 0.211. The molecule has 0 aliphatic carbocycles. The molecule has 0 spiro atoms. The van der Waals surface area contributed by atoms with Crippen molar-refractivity contribution < 1.29 is 14.4 Å². The van der Waals surface area contributed by atoms with Crippen LogP contribution in [-0.4, -0.2) is 35.3 Å². The van der Waals surface area contributed by atoms with Gasteiger partial charge in [-0.3, -0.25) is 14.5 Å². The predicted molar refractivity (Wildman–Crippen MR) is 99.0 cm³/mol. The minimum absolute atomic E-state index is 0.345. The number of amides is 4. The largest absolute Gasteiger partial charge is 0.325 e. The van der Waals surface area contributed by atoms with Gasteiger partial charge in [0.1, 0.15) is 12.6 Å². The standard InChI is InChI=1S/C19H18ClN3O3/c1-12-7-8-14(20)10-15(12)21-17(24)11-23-18(25)16(22-19(23)26)9-13-5-3-2-4-6-13/h2-8,10,16H,9,11H2,1H3,(H,21,24)(H,22,26). The van der Waals surface area contributed by atoms with Crippen LogP contribution in [-0.2, 0) is 16.0 Å². The Hall–Kier alpha value is -2.86. The molecule has 6 nitrogen and oxygen atoms in total. The van der Waals surface area contributed by atoms with Crippen LogP contribution in [0.1, 0.15) is 11.1 Å². The Balaban J connectivity index is 1.64. The highest BCUT2D eigenvalue weighted by molar-refractivity contribution is 6.31. The van der Waals surface area contributed by atoms with Crippen LogP contribution in [0.5, 0.6) is 0 Å². The van der Waals surface area contributed by atoms with E-state index in [4.69, 9.17) is 11.6 Å². The zero-order valence-corrected chi connectivity index (χ0v) is 14.9. The first kappa shape index (κ1) is 17.9. The summed E-state index contributed by atoms with van der Waals surface area (Å²) in [6.07, 6.45) is 0.386. The highest BCUT2D eigenvalue weighted by atomic mass is 35.5. The number of imide groups is 1. The van der Waals surface area contributed by atoms with E-state index in [1.807, 2.05) is 37.3 Å². The van der Waals surface area contributed by atoms with Crippen LogP contribution < -0.4 is 10.6 Å². The van der Waals surface area contributed by atoms with Crippen molar-refractivity contribution in [1.29, 1.82) is 0 Å². The van der Waals surface area contributed by atoms with Gasteiger partial charge in [-0.1, -0.05) is 48.0 Å². The topological polar surface area (TPSA) is 78.5 Å². The number of carbonyl (C=O) groups excluding carboxylic acids is 3. The third-order valence-electron chi connectivity index (χ3n) is 4.17. The minimum atomic E-state index is -0.661. The van der Waals surface area contributed by atoms with E-state index < -0.39 is 23.9 Å². The lowest BCUT2D eigenvalue weighted by atomic mass is 10.1. The van der Waals surface area contributed by atoms with Gasteiger partial charge in [0.2, 0.25) is 5.91 Å². The molecule has 3 rings (SSSR count). The molecule has 0 saturated carbocycles. The van der Waals surface area contributed by atoms with Crippen molar-refractivity contribution in [3.8, 4) is 0 Å². The number of rotatable bonds is 5. The normalized spacial score (nSPS) is 16.5. The van der Waals surface area contributed by atoms with Crippen molar-refractivity contribution in [2.24, 2.45) is 0 Å². The van der Waals surface area contributed by atoms with Gasteiger partial charge < -0.3 is 10.6 Å². The maximum Gasteiger partial charge on any atom is 0.325 e. The predicted octanol–water partition coefficient (Wildman–Crippen LogP) is 2.75. The van der Waals surface area contributed by atoms with E-state index in [2.05, 4.69) is 10.6 Å². The lowest BCUT2D eigenvalue weighted by Crippen LogP contribution is -2.38. The van der Waals surface area contributed by atoms with Gasteiger partial charge in [-0.25, -0.2) is 4.79 Å². The van der Waals surface area contributed by atoms with E-state index in [9.17, 15) is 14.4 Å². The van der Waals surface area contributed by atoms with Gasteiger partial charge in [0.15, 0.2) is 0 Å². The molecular formula is C19H18ClN3O3. The first-order valence-corrected chi connectivity index (χ1v) is 8.53. The second-order valence-corrected chi connectivity index (χ2v) is 6.56. The van der Waals surface area contributed by atoms with E-state index in [0.717, 1.165) is 16.0 Å². The molecule has 1 saturated heterocycles. The fourth-order valence-corrected chi connectivity index (χ4v) is 2.95. The van der Waals surface area contributed by atoms with Gasteiger partial charge in [0, 0.05) is 17.1 Å².